The van der Waals surface area contributed by atoms with Crippen molar-refractivity contribution in [2.24, 2.45) is 7.05 Å². The van der Waals surface area contributed by atoms with Crippen LogP contribution in [0, 0.1) is 0 Å². The van der Waals surface area contributed by atoms with Crippen molar-refractivity contribution in [3.63, 3.8) is 0 Å². The summed E-state index contributed by atoms with van der Waals surface area (Å²) < 4.78 is 2.02. The number of nitrogens with zero attached hydrogens (tertiary/aromatic N) is 3. The molecular weight excluding hydrogens is 264 g/mol. The molecule has 0 aromatic carbocycles. The molecule has 3 rings (SSSR count). The van der Waals surface area contributed by atoms with E-state index in [0.717, 1.165) is 30.6 Å². The SMILES string of the molecule is Cn1cccc1CNC(=O)N1CCCC1c1cccnc1. The summed E-state index contributed by atoms with van der Waals surface area (Å²) in [6.07, 6.45) is 7.64. The Hall–Kier alpha value is -2.30. The second-order valence-electron chi connectivity index (χ2n) is 5.41. The number of carbonyl (C=O) groups excluding carboxylic acids is 1. The summed E-state index contributed by atoms with van der Waals surface area (Å²) in [5.74, 6) is 0. The van der Waals surface area contributed by atoms with Gasteiger partial charge in [0.25, 0.3) is 0 Å². The third-order valence-electron chi connectivity index (χ3n) is 4.05. The number of pyridine rings is 1. The molecule has 21 heavy (non-hydrogen) atoms. The Balaban J connectivity index is 1.65. The summed E-state index contributed by atoms with van der Waals surface area (Å²) in [5.41, 5.74) is 2.21. The van der Waals surface area contributed by atoms with Crippen LogP contribution in [0.5, 0.6) is 0 Å². The molecule has 3 heterocycles. The molecule has 0 aliphatic carbocycles. The summed E-state index contributed by atoms with van der Waals surface area (Å²) in [4.78, 5) is 18.5. The van der Waals surface area contributed by atoms with Crippen molar-refractivity contribution in [3.05, 3.63) is 54.1 Å². The van der Waals surface area contributed by atoms with Gasteiger partial charge in [-0.25, -0.2) is 4.79 Å². The first-order valence-electron chi connectivity index (χ1n) is 7.30. The summed E-state index contributed by atoms with van der Waals surface area (Å²) >= 11 is 0. The van der Waals surface area contributed by atoms with Gasteiger partial charge >= 0.3 is 6.03 Å². The van der Waals surface area contributed by atoms with E-state index in [4.69, 9.17) is 0 Å². The van der Waals surface area contributed by atoms with Crippen LogP contribution in [-0.4, -0.2) is 27.0 Å². The van der Waals surface area contributed by atoms with Gasteiger partial charge in [-0.1, -0.05) is 6.07 Å². The molecule has 2 amide bonds. The van der Waals surface area contributed by atoms with Crippen molar-refractivity contribution in [1.29, 1.82) is 0 Å². The van der Waals surface area contributed by atoms with Gasteiger partial charge in [0.2, 0.25) is 0 Å². The van der Waals surface area contributed by atoms with E-state index in [9.17, 15) is 4.79 Å². The lowest BCUT2D eigenvalue weighted by Gasteiger charge is -2.25. The number of hydrogen-bond acceptors (Lipinski definition) is 2. The predicted octanol–water partition coefficient (Wildman–Crippen LogP) is 2.47. The van der Waals surface area contributed by atoms with Crippen LogP contribution in [0.3, 0.4) is 0 Å². The molecule has 0 spiro atoms. The highest BCUT2D eigenvalue weighted by Crippen LogP contribution is 2.31. The number of aromatic nitrogens is 2. The van der Waals surface area contributed by atoms with Gasteiger partial charge in [-0.3, -0.25) is 4.98 Å². The van der Waals surface area contributed by atoms with Crippen LogP contribution in [0.1, 0.15) is 30.1 Å². The van der Waals surface area contributed by atoms with E-state index in [1.165, 1.54) is 0 Å². The molecule has 0 radical (unpaired) electrons. The molecule has 1 fully saturated rings. The summed E-state index contributed by atoms with van der Waals surface area (Å²) in [6, 6.07) is 8.11. The fourth-order valence-corrected chi connectivity index (χ4v) is 2.88. The van der Waals surface area contributed by atoms with Crippen molar-refractivity contribution in [2.45, 2.75) is 25.4 Å². The highest BCUT2D eigenvalue weighted by molar-refractivity contribution is 5.75. The average molecular weight is 284 g/mol. The van der Waals surface area contributed by atoms with Crippen LogP contribution < -0.4 is 5.32 Å². The lowest BCUT2D eigenvalue weighted by atomic mass is 10.1. The van der Waals surface area contributed by atoms with Crippen LogP contribution in [0.4, 0.5) is 4.79 Å². The zero-order chi connectivity index (χ0) is 14.7. The second-order valence-corrected chi connectivity index (χ2v) is 5.41. The van der Waals surface area contributed by atoms with Crippen LogP contribution in [-0.2, 0) is 13.6 Å². The molecule has 2 aromatic rings. The molecule has 1 saturated heterocycles. The summed E-state index contributed by atoms with van der Waals surface area (Å²) in [7, 11) is 1.98. The van der Waals surface area contributed by atoms with Crippen molar-refractivity contribution in [3.8, 4) is 0 Å². The molecule has 1 aliphatic heterocycles. The standard InChI is InChI=1S/C16H20N4O/c1-19-9-3-6-14(19)12-18-16(21)20-10-4-7-15(20)13-5-2-8-17-11-13/h2-3,5-6,8-9,11,15H,4,7,10,12H2,1H3,(H,18,21). The van der Waals surface area contributed by atoms with E-state index in [0.29, 0.717) is 6.54 Å². The third-order valence-corrected chi connectivity index (χ3v) is 4.05. The number of amides is 2. The Labute approximate surface area is 124 Å². The van der Waals surface area contributed by atoms with Crippen LogP contribution in [0.15, 0.2) is 42.9 Å². The average Bonchev–Trinajstić information content (AvgIpc) is 3.15. The van der Waals surface area contributed by atoms with E-state index >= 15 is 0 Å². The van der Waals surface area contributed by atoms with Gasteiger partial charge in [0.05, 0.1) is 12.6 Å². The first-order chi connectivity index (χ1) is 10.3. The van der Waals surface area contributed by atoms with Gasteiger partial charge in [-0.05, 0) is 36.6 Å². The van der Waals surface area contributed by atoms with Crippen molar-refractivity contribution in [1.82, 2.24) is 19.8 Å². The Morgan fingerprint density at radius 1 is 1.43 bits per heavy atom. The Morgan fingerprint density at radius 3 is 3.05 bits per heavy atom. The molecule has 110 valence electrons. The van der Waals surface area contributed by atoms with E-state index in [1.54, 1.807) is 6.20 Å². The Kier molecular flexibility index (Phi) is 3.90. The van der Waals surface area contributed by atoms with Gasteiger partial charge in [0.1, 0.15) is 0 Å². The highest BCUT2D eigenvalue weighted by atomic mass is 16.2. The largest absolute Gasteiger partial charge is 0.353 e. The Morgan fingerprint density at radius 2 is 2.33 bits per heavy atom. The molecular formula is C16H20N4O. The van der Waals surface area contributed by atoms with Crippen LogP contribution >= 0.6 is 0 Å². The van der Waals surface area contributed by atoms with Gasteiger partial charge in [0, 0.05) is 37.9 Å². The van der Waals surface area contributed by atoms with Crippen LogP contribution in [0.25, 0.3) is 0 Å². The molecule has 2 aromatic heterocycles. The van der Waals surface area contributed by atoms with Gasteiger partial charge in [0.15, 0.2) is 0 Å². The number of urea groups is 1. The van der Waals surface area contributed by atoms with E-state index in [2.05, 4.69) is 10.3 Å². The van der Waals surface area contributed by atoms with Gasteiger partial charge in [-0.2, -0.15) is 0 Å². The molecule has 1 N–H and O–H groups in total. The summed E-state index contributed by atoms with van der Waals surface area (Å²) in [6.45, 7) is 1.36. The number of rotatable bonds is 3. The molecule has 1 atom stereocenters. The first-order valence-corrected chi connectivity index (χ1v) is 7.30. The van der Waals surface area contributed by atoms with E-state index < -0.39 is 0 Å². The van der Waals surface area contributed by atoms with Crippen molar-refractivity contribution < 1.29 is 4.79 Å². The predicted molar refractivity (Wildman–Crippen MR) is 80.6 cm³/mol. The number of aryl methyl sites for hydroxylation is 1. The lowest BCUT2D eigenvalue weighted by Crippen LogP contribution is -2.39. The molecule has 1 unspecified atom stereocenters. The van der Waals surface area contributed by atoms with Crippen LogP contribution in [0.2, 0.25) is 0 Å². The fourth-order valence-electron chi connectivity index (χ4n) is 2.88. The summed E-state index contributed by atoms with van der Waals surface area (Å²) in [5, 5.41) is 3.01. The minimum absolute atomic E-state index is 0.00236. The normalized spacial score (nSPS) is 18.0. The molecule has 5 heteroatoms. The maximum absolute atomic E-state index is 12.4. The number of hydrogen-bond donors (Lipinski definition) is 1. The molecule has 0 saturated carbocycles. The minimum atomic E-state index is 0.00236. The van der Waals surface area contributed by atoms with E-state index in [-0.39, 0.29) is 12.1 Å². The topological polar surface area (TPSA) is 50.2 Å². The number of carbonyl (C=O) groups is 1. The maximum atomic E-state index is 12.4. The van der Waals surface area contributed by atoms with Gasteiger partial charge in [-0.15, -0.1) is 0 Å². The zero-order valence-corrected chi connectivity index (χ0v) is 12.2. The van der Waals surface area contributed by atoms with Crippen molar-refractivity contribution >= 4 is 6.03 Å². The first kappa shape index (κ1) is 13.7. The zero-order valence-electron chi connectivity index (χ0n) is 12.2. The number of nitrogens with one attached hydrogen (secondary N) is 1. The molecule has 5 nitrogen and oxygen atoms in total. The minimum Gasteiger partial charge on any atom is -0.353 e. The third kappa shape index (κ3) is 2.91. The number of likely N-dealkylation sites (tertiary alicyclic amines) is 1. The monoisotopic (exact) mass is 284 g/mol. The highest BCUT2D eigenvalue weighted by Gasteiger charge is 2.29. The van der Waals surface area contributed by atoms with Gasteiger partial charge < -0.3 is 14.8 Å². The molecule has 0 bridgehead atoms. The fraction of sp³-hybridized carbons (Fsp3) is 0.375. The van der Waals surface area contributed by atoms with Crippen molar-refractivity contribution in [2.75, 3.05) is 6.54 Å². The smallest absolute Gasteiger partial charge is 0.318 e. The Bertz CT molecular complexity index is 608. The lowest BCUT2D eigenvalue weighted by molar-refractivity contribution is 0.192. The second kappa shape index (κ2) is 5.99. The molecule has 1 aliphatic rings. The van der Waals surface area contributed by atoms with E-state index in [1.807, 2.05) is 53.2 Å². The maximum Gasteiger partial charge on any atom is 0.318 e. The quantitative estimate of drug-likeness (QED) is 0.941.